The first-order valence-electron chi connectivity index (χ1n) is 7.18. The molecule has 126 valence electrons. The summed E-state index contributed by atoms with van der Waals surface area (Å²) >= 11 is 0. The Labute approximate surface area is 137 Å². The van der Waals surface area contributed by atoms with E-state index in [1.165, 1.54) is 18.2 Å². The van der Waals surface area contributed by atoms with Crippen LogP contribution in [0, 0.1) is 6.92 Å². The summed E-state index contributed by atoms with van der Waals surface area (Å²) < 4.78 is 42.3. The molecule has 0 fully saturated rings. The van der Waals surface area contributed by atoms with Crippen molar-refractivity contribution in [1.29, 1.82) is 0 Å². The maximum Gasteiger partial charge on any atom is 0.450 e. The fourth-order valence-electron chi connectivity index (χ4n) is 2.07. The van der Waals surface area contributed by atoms with Gasteiger partial charge < -0.3 is 4.74 Å². The van der Waals surface area contributed by atoms with Gasteiger partial charge in [0.15, 0.2) is 5.78 Å². The molecule has 2 rings (SSSR count). The number of aryl methyl sites for hydroxylation is 1. The van der Waals surface area contributed by atoms with Gasteiger partial charge in [0.1, 0.15) is 12.4 Å². The average molecular weight is 336 g/mol. The fourth-order valence-corrected chi connectivity index (χ4v) is 2.07. The highest BCUT2D eigenvalue weighted by molar-refractivity contribution is 6.09. The molecule has 6 heteroatoms. The van der Waals surface area contributed by atoms with Crippen LogP contribution in [-0.4, -0.2) is 17.7 Å². The number of alkyl halides is 3. The molecule has 0 bridgehead atoms. The van der Waals surface area contributed by atoms with Gasteiger partial charge in [0.2, 0.25) is 5.78 Å². The van der Waals surface area contributed by atoms with Crippen molar-refractivity contribution in [3.05, 3.63) is 65.2 Å². The molecular formula is C18H15F3O3. The maximum atomic E-state index is 12.2. The van der Waals surface area contributed by atoms with E-state index in [1.807, 2.05) is 30.3 Å². The van der Waals surface area contributed by atoms with Crippen LogP contribution in [0.1, 0.15) is 27.9 Å². The van der Waals surface area contributed by atoms with E-state index in [4.69, 9.17) is 4.74 Å². The Balaban J connectivity index is 2.04. The zero-order valence-electron chi connectivity index (χ0n) is 12.9. The van der Waals surface area contributed by atoms with E-state index in [2.05, 4.69) is 0 Å². The summed E-state index contributed by atoms with van der Waals surface area (Å²) in [6.45, 7) is 2.02. The first kappa shape index (κ1) is 17.7. The lowest BCUT2D eigenvalue weighted by Crippen LogP contribution is -2.25. The summed E-state index contributed by atoms with van der Waals surface area (Å²) in [4.78, 5) is 22.7. The molecule has 0 aromatic heterocycles. The van der Waals surface area contributed by atoms with Crippen LogP contribution in [0.25, 0.3) is 0 Å². The Morgan fingerprint density at radius 3 is 2.29 bits per heavy atom. The molecule has 0 radical (unpaired) electrons. The number of hydrogen-bond donors (Lipinski definition) is 0. The number of ether oxygens (including phenoxy) is 1. The highest BCUT2D eigenvalue weighted by atomic mass is 19.4. The topological polar surface area (TPSA) is 43.4 Å². The smallest absolute Gasteiger partial charge is 0.450 e. The van der Waals surface area contributed by atoms with Crippen molar-refractivity contribution in [3.63, 3.8) is 0 Å². The molecular weight excluding hydrogens is 321 g/mol. The van der Waals surface area contributed by atoms with Crippen molar-refractivity contribution in [1.82, 2.24) is 0 Å². The molecule has 0 saturated carbocycles. The second-order valence-corrected chi connectivity index (χ2v) is 5.28. The molecule has 24 heavy (non-hydrogen) atoms. The Hall–Kier alpha value is -2.63. The minimum Gasteiger partial charge on any atom is -0.489 e. The third-order valence-electron chi connectivity index (χ3n) is 3.37. The lowest BCUT2D eigenvalue weighted by Gasteiger charge is -2.11. The second kappa shape index (κ2) is 7.29. The number of ketones is 2. The van der Waals surface area contributed by atoms with Gasteiger partial charge in [-0.25, -0.2) is 0 Å². The van der Waals surface area contributed by atoms with E-state index in [-0.39, 0.29) is 5.56 Å². The zero-order chi connectivity index (χ0) is 17.7. The first-order valence-corrected chi connectivity index (χ1v) is 7.18. The zero-order valence-corrected chi connectivity index (χ0v) is 12.9. The third kappa shape index (κ3) is 4.68. The summed E-state index contributed by atoms with van der Waals surface area (Å²) in [5.74, 6) is -2.39. The van der Waals surface area contributed by atoms with Crippen LogP contribution in [0.4, 0.5) is 13.2 Å². The predicted octanol–water partition coefficient (Wildman–Crippen LogP) is 4.28. The van der Waals surface area contributed by atoms with Crippen molar-refractivity contribution in [3.8, 4) is 5.75 Å². The van der Waals surface area contributed by atoms with Crippen molar-refractivity contribution in [2.75, 3.05) is 0 Å². The largest absolute Gasteiger partial charge is 0.489 e. The molecule has 0 amide bonds. The Morgan fingerprint density at radius 2 is 1.71 bits per heavy atom. The standard InChI is InChI=1S/C18H15F3O3/c1-12-9-14(15(22)10-17(23)18(19,20)21)7-8-16(12)24-11-13-5-3-2-4-6-13/h2-9H,10-11H2,1H3. The van der Waals surface area contributed by atoms with Gasteiger partial charge in [0, 0.05) is 5.56 Å². The van der Waals surface area contributed by atoms with Crippen LogP contribution in [0.15, 0.2) is 48.5 Å². The van der Waals surface area contributed by atoms with Crippen molar-refractivity contribution in [2.45, 2.75) is 26.1 Å². The summed E-state index contributed by atoms with van der Waals surface area (Å²) in [5, 5.41) is 0. The van der Waals surface area contributed by atoms with Gasteiger partial charge in [-0.05, 0) is 36.2 Å². The van der Waals surface area contributed by atoms with Gasteiger partial charge in [0.25, 0.3) is 0 Å². The highest BCUT2D eigenvalue weighted by Crippen LogP contribution is 2.23. The monoisotopic (exact) mass is 336 g/mol. The van der Waals surface area contributed by atoms with Crippen molar-refractivity contribution in [2.24, 2.45) is 0 Å². The minimum atomic E-state index is -5.00. The fraction of sp³-hybridized carbons (Fsp3) is 0.222. The van der Waals surface area contributed by atoms with Crippen LogP contribution >= 0.6 is 0 Å². The molecule has 2 aromatic carbocycles. The molecule has 0 spiro atoms. The predicted molar refractivity (Wildman–Crippen MR) is 82.0 cm³/mol. The normalized spacial score (nSPS) is 11.2. The SMILES string of the molecule is Cc1cc(C(=O)CC(=O)C(F)(F)F)ccc1OCc1ccccc1. The van der Waals surface area contributed by atoms with Crippen molar-refractivity contribution < 1.29 is 27.5 Å². The van der Waals surface area contributed by atoms with E-state index in [0.29, 0.717) is 17.9 Å². The van der Waals surface area contributed by atoms with Crippen LogP contribution in [0.2, 0.25) is 0 Å². The van der Waals surface area contributed by atoms with Gasteiger partial charge in [-0.3, -0.25) is 9.59 Å². The van der Waals surface area contributed by atoms with Crippen molar-refractivity contribution >= 4 is 11.6 Å². The van der Waals surface area contributed by atoms with E-state index in [9.17, 15) is 22.8 Å². The summed E-state index contributed by atoms with van der Waals surface area (Å²) in [6.07, 6.45) is -6.18. The second-order valence-electron chi connectivity index (χ2n) is 5.28. The van der Waals surface area contributed by atoms with Gasteiger partial charge in [-0.1, -0.05) is 30.3 Å². The summed E-state index contributed by atoms with van der Waals surface area (Å²) in [7, 11) is 0. The molecule has 0 aliphatic rings. The van der Waals surface area contributed by atoms with Crippen LogP contribution in [0.5, 0.6) is 5.75 Å². The molecule has 3 nitrogen and oxygen atoms in total. The third-order valence-corrected chi connectivity index (χ3v) is 3.37. The molecule has 0 saturated heterocycles. The van der Waals surface area contributed by atoms with E-state index < -0.39 is 24.2 Å². The number of rotatable bonds is 6. The van der Waals surface area contributed by atoms with E-state index in [0.717, 1.165) is 5.56 Å². The highest BCUT2D eigenvalue weighted by Gasteiger charge is 2.39. The van der Waals surface area contributed by atoms with Gasteiger partial charge in [-0.2, -0.15) is 13.2 Å². The molecule has 0 aliphatic heterocycles. The average Bonchev–Trinajstić information content (AvgIpc) is 2.53. The van der Waals surface area contributed by atoms with Crippen LogP contribution in [0.3, 0.4) is 0 Å². The van der Waals surface area contributed by atoms with Crippen LogP contribution in [-0.2, 0) is 11.4 Å². The Morgan fingerprint density at radius 1 is 1.04 bits per heavy atom. The molecule has 0 N–H and O–H groups in total. The first-order chi connectivity index (χ1) is 11.3. The lowest BCUT2D eigenvalue weighted by atomic mass is 10.0. The molecule has 0 aliphatic carbocycles. The molecule has 0 heterocycles. The summed E-state index contributed by atoms with van der Waals surface area (Å²) in [5.41, 5.74) is 1.63. The quantitative estimate of drug-likeness (QED) is 0.584. The Bertz CT molecular complexity index is 737. The number of benzene rings is 2. The number of Topliss-reactive ketones (excluding diaryl/α,β-unsaturated/α-hetero) is 2. The lowest BCUT2D eigenvalue weighted by molar-refractivity contribution is -0.170. The molecule has 2 aromatic rings. The van der Waals surface area contributed by atoms with Gasteiger partial charge in [0.05, 0.1) is 6.42 Å². The maximum absolute atomic E-state index is 12.2. The molecule has 0 atom stereocenters. The number of hydrogen-bond acceptors (Lipinski definition) is 3. The number of carbonyl (C=O) groups excluding carboxylic acids is 2. The number of carbonyl (C=O) groups is 2. The van der Waals surface area contributed by atoms with E-state index in [1.54, 1.807) is 6.92 Å². The molecule has 0 unspecified atom stereocenters. The number of halogens is 3. The Kier molecular flexibility index (Phi) is 5.39. The van der Waals surface area contributed by atoms with Gasteiger partial charge >= 0.3 is 6.18 Å². The minimum absolute atomic E-state index is 0.0529. The van der Waals surface area contributed by atoms with E-state index >= 15 is 0 Å². The van der Waals surface area contributed by atoms with Crippen LogP contribution < -0.4 is 4.74 Å². The van der Waals surface area contributed by atoms with Gasteiger partial charge in [-0.15, -0.1) is 0 Å². The summed E-state index contributed by atoms with van der Waals surface area (Å²) in [6, 6.07) is 13.7.